The Labute approximate surface area is 112 Å². The highest BCUT2D eigenvalue weighted by molar-refractivity contribution is 5.16. The fourth-order valence-corrected chi connectivity index (χ4v) is 2.65. The van der Waals surface area contributed by atoms with Gasteiger partial charge in [0.2, 0.25) is 0 Å². The summed E-state index contributed by atoms with van der Waals surface area (Å²) in [6.07, 6.45) is 7.15. The van der Waals surface area contributed by atoms with E-state index in [-0.39, 0.29) is 5.82 Å². The molecule has 0 amide bonds. The second kappa shape index (κ2) is 5.53. The smallest absolute Gasteiger partial charge is 0.123 e. The van der Waals surface area contributed by atoms with Crippen molar-refractivity contribution in [3.8, 4) is 0 Å². The molecule has 1 atom stereocenters. The summed E-state index contributed by atoms with van der Waals surface area (Å²) < 4.78 is 15.0. The lowest BCUT2D eigenvalue weighted by Gasteiger charge is -2.13. The van der Waals surface area contributed by atoms with Gasteiger partial charge in [0.15, 0.2) is 0 Å². The summed E-state index contributed by atoms with van der Waals surface area (Å²) in [7, 11) is 0. The van der Waals surface area contributed by atoms with E-state index in [1.165, 1.54) is 30.7 Å². The molecule has 0 saturated carbocycles. The molecule has 1 fully saturated rings. The number of hydrogen-bond donors (Lipinski definition) is 1. The van der Waals surface area contributed by atoms with Crippen LogP contribution in [0.15, 0.2) is 36.8 Å². The molecule has 0 bridgehead atoms. The Kier molecular flexibility index (Phi) is 3.60. The van der Waals surface area contributed by atoms with Gasteiger partial charge < -0.3 is 9.88 Å². The zero-order chi connectivity index (χ0) is 13.1. The maximum absolute atomic E-state index is 12.8. The molecule has 100 valence electrons. The van der Waals surface area contributed by atoms with Crippen molar-refractivity contribution in [2.75, 3.05) is 6.54 Å². The van der Waals surface area contributed by atoms with Crippen LogP contribution in [0.3, 0.4) is 0 Å². The van der Waals surface area contributed by atoms with E-state index in [1.807, 2.05) is 24.7 Å². The summed E-state index contributed by atoms with van der Waals surface area (Å²) in [5, 5.41) is 3.49. The van der Waals surface area contributed by atoms with Crippen LogP contribution in [0.2, 0.25) is 0 Å². The number of hydrogen-bond acceptors (Lipinski definition) is 2. The molecule has 3 nitrogen and oxygen atoms in total. The van der Waals surface area contributed by atoms with Crippen molar-refractivity contribution in [1.82, 2.24) is 14.9 Å². The van der Waals surface area contributed by atoms with Crippen molar-refractivity contribution in [1.29, 1.82) is 0 Å². The van der Waals surface area contributed by atoms with Gasteiger partial charge in [-0.05, 0) is 43.5 Å². The molecule has 1 saturated heterocycles. The molecule has 2 heterocycles. The largest absolute Gasteiger partial charge is 0.333 e. The summed E-state index contributed by atoms with van der Waals surface area (Å²) >= 11 is 0. The topological polar surface area (TPSA) is 29.9 Å². The van der Waals surface area contributed by atoms with Crippen LogP contribution in [-0.2, 0) is 13.0 Å². The number of aryl methyl sites for hydroxylation is 2. The number of halogens is 1. The van der Waals surface area contributed by atoms with Gasteiger partial charge in [-0.2, -0.15) is 0 Å². The van der Waals surface area contributed by atoms with E-state index < -0.39 is 0 Å². The van der Waals surface area contributed by atoms with Crippen LogP contribution >= 0.6 is 0 Å². The van der Waals surface area contributed by atoms with Crippen molar-refractivity contribution in [2.45, 2.75) is 31.8 Å². The van der Waals surface area contributed by atoms with Crippen molar-refractivity contribution < 1.29 is 4.39 Å². The Balaban J connectivity index is 1.66. The van der Waals surface area contributed by atoms with E-state index in [0.29, 0.717) is 6.04 Å². The van der Waals surface area contributed by atoms with Gasteiger partial charge in [-0.3, -0.25) is 0 Å². The molecule has 3 rings (SSSR count). The van der Waals surface area contributed by atoms with Crippen LogP contribution in [0.4, 0.5) is 4.39 Å². The molecule has 0 radical (unpaired) electrons. The predicted octanol–water partition coefficient (Wildman–Crippen LogP) is 2.69. The highest BCUT2D eigenvalue weighted by Crippen LogP contribution is 2.22. The minimum Gasteiger partial charge on any atom is -0.333 e. The molecule has 1 aliphatic heterocycles. The summed E-state index contributed by atoms with van der Waals surface area (Å²) in [6, 6.07) is 7.17. The number of nitrogens with zero attached hydrogens (tertiary/aromatic N) is 2. The van der Waals surface area contributed by atoms with E-state index in [4.69, 9.17) is 0 Å². The summed E-state index contributed by atoms with van der Waals surface area (Å²) in [5.74, 6) is -0.178. The van der Waals surface area contributed by atoms with Gasteiger partial charge in [0.05, 0.1) is 12.0 Å². The van der Waals surface area contributed by atoms with Gasteiger partial charge in [0.25, 0.3) is 0 Å². The number of rotatable bonds is 4. The normalized spacial score (nSPS) is 18.9. The average Bonchev–Trinajstić information content (AvgIpc) is 3.08. The van der Waals surface area contributed by atoms with Crippen LogP contribution in [0.25, 0.3) is 0 Å². The van der Waals surface area contributed by atoms with Crippen molar-refractivity contribution >= 4 is 0 Å². The van der Waals surface area contributed by atoms with Gasteiger partial charge in [-0.25, -0.2) is 9.37 Å². The molecule has 1 aromatic carbocycles. The van der Waals surface area contributed by atoms with Crippen LogP contribution in [0.1, 0.15) is 30.1 Å². The molecule has 1 aromatic heterocycles. The number of imidazole rings is 1. The molecule has 0 unspecified atom stereocenters. The number of benzene rings is 1. The van der Waals surface area contributed by atoms with Crippen molar-refractivity contribution in [3.05, 3.63) is 53.9 Å². The van der Waals surface area contributed by atoms with E-state index >= 15 is 0 Å². The molecule has 0 aliphatic carbocycles. The summed E-state index contributed by atoms with van der Waals surface area (Å²) in [5.41, 5.74) is 2.42. The van der Waals surface area contributed by atoms with E-state index in [2.05, 4.69) is 14.9 Å². The van der Waals surface area contributed by atoms with E-state index in [0.717, 1.165) is 25.1 Å². The molecule has 4 heteroatoms. The third-order valence-corrected chi connectivity index (χ3v) is 3.72. The first kappa shape index (κ1) is 12.4. The molecule has 2 aromatic rings. The second-order valence-corrected chi connectivity index (χ2v) is 5.04. The zero-order valence-electron chi connectivity index (χ0n) is 10.8. The average molecular weight is 259 g/mol. The Bertz CT molecular complexity index is 527. The Morgan fingerprint density at radius 1 is 1.32 bits per heavy atom. The SMILES string of the molecule is Fc1ccc(CCn2cncc2[C@@H]2CCCN2)cc1. The molecular weight excluding hydrogens is 241 g/mol. The fourth-order valence-electron chi connectivity index (χ4n) is 2.65. The lowest BCUT2D eigenvalue weighted by Crippen LogP contribution is -2.17. The lowest BCUT2D eigenvalue weighted by atomic mass is 10.1. The molecular formula is C15H18FN3. The quantitative estimate of drug-likeness (QED) is 0.915. The minimum atomic E-state index is -0.178. The van der Waals surface area contributed by atoms with Crippen molar-refractivity contribution in [3.63, 3.8) is 0 Å². The Hall–Kier alpha value is -1.68. The van der Waals surface area contributed by atoms with Crippen molar-refractivity contribution in [2.24, 2.45) is 0 Å². The molecule has 0 spiro atoms. The lowest BCUT2D eigenvalue weighted by molar-refractivity contribution is 0.562. The first-order valence-corrected chi connectivity index (χ1v) is 6.81. The van der Waals surface area contributed by atoms with Crippen LogP contribution < -0.4 is 5.32 Å². The molecule has 1 N–H and O–H groups in total. The number of aromatic nitrogens is 2. The zero-order valence-corrected chi connectivity index (χ0v) is 10.8. The highest BCUT2D eigenvalue weighted by atomic mass is 19.1. The molecule has 19 heavy (non-hydrogen) atoms. The summed E-state index contributed by atoms with van der Waals surface area (Å²) in [6.45, 7) is 1.98. The fraction of sp³-hybridized carbons (Fsp3) is 0.400. The van der Waals surface area contributed by atoms with Gasteiger partial charge in [-0.1, -0.05) is 12.1 Å². The monoisotopic (exact) mass is 259 g/mol. The van der Waals surface area contributed by atoms with Gasteiger partial charge in [0.1, 0.15) is 5.82 Å². The van der Waals surface area contributed by atoms with Gasteiger partial charge in [-0.15, -0.1) is 0 Å². The standard InChI is InChI=1S/C15H18FN3/c16-13-5-3-12(4-6-13)7-9-19-11-17-10-15(19)14-2-1-8-18-14/h3-6,10-11,14,18H,1-2,7-9H2/t14-/m0/s1. The van der Waals surface area contributed by atoms with E-state index in [9.17, 15) is 4.39 Å². The maximum atomic E-state index is 12.8. The van der Waals surface area contributed by atoms with Crippen LogP contribution in [0.5, 0.6) is 0 Å². The van der Waals surface area contributed by atoms with E-state index in [1.54, 1.807) is 0 Å². The Morgan fingerprint density at radius 2 is 2.16 bits per heavy atom. The first-order chi connectivity index (χ1) is 9.33. The summed E-state index contributed by atoms with van der Waals surface area (Å²) in [4.78, 5) is 4.26. The van der Waals surface area contributed by atoms with Crippen LogP contribution in [0, 0.1) is 5.82 Å². The minimum absolute atomic E-state index is 0.178. The van der Waals surface area contributed by atoms with Gasteiger partial charge in [0, 0.05) is 18.8 Å². The maximum Gasteiger partial charge on any atom is 0.123 e. The first-order valence-electron chi connectivity index (χ1n) is 6.81. The van der Waals surface area contributed by atoms with Gasteiger partial charge >= 0.3 is 0 Å². The predicted molar refractivity (Wildman–Crippen MR) is 72.3 cm³/mol. The molecule has 1 aliphatic rings. The third-order valence-electron chi connectivity index (χ3n) is 3.72. The third kappa shape index (κ3) is 2.84. The van der Waals surface area contributed by atoms with Crippen LogP contribution in [-0.4, -0.2) is 16.1 Å². The highest BCUT2D eigenvalue weighted by Gasteiger charge is 2.19. The Morgan fingerprint density at radius 3 is 2.89 bits per heavy atom. The second-order valence-electron chi connectivity index (χ2n) is 5.04. The number of nitrogens with one attached hydrogen (secondary N) is 1.